The fourth-order valence-electron chi connectivity index (χ4n) is 4.34. The van der Waals surface area contributed by atoms with E-state index in [1.807, 2.05) is 6.07 Å². The van der Waals surface area contributed by atoms with Crippen LogP contribution >= 0.6 is 0 Å². The summed E-state index contributed by atoms with van der Waals surface area (Å²) in [6.45, 7) is 9.70. The van der Waals surface area contributed by atoms with Crippen molar-refractivity contribution in [2.24, 2.45) is 5.92 Å². The predicted molar refractivity (Wildman–Crippen MR) is 123 cm³/mol. The molecule has 158 valence electrons. The fourth-order valence-corrected chi connectivity index (χ4v) is 4.34. The predicted octanol–water partition coefficient (Wildman–Crippen LogP) is 4.44. The van der Waals surface area contributed by atoms with Crippen LogP contribution in [-0.2, 0) is 11.3 Å². The van der Waals surface area contributed by atoms with Crippen LogP contribution in [0.15, 0.2) is 42.5 Å². The number of nitrogens with zero attached hydrogens (tertiary/aromatic N) is 3. The van der Waals surface area contributed by atoms with E-state index in [0.29, 0.717) is 0 Å². The third-order valence-electron chi connectivity index (χ3n) is 6.17. The highest BCUT2D eigenvalue weighted by molar-refractivity contribution is 5.80. The van der Waals surface area contributed by atoms with E-state index in [9.17, 15) is 4.79 Å². The molecule has 0 radical (unpaired) electrons. The molecule has 1 saturated heterocycles. The van der Waals surface area contributed by atoms with E-state index in [1.165, 1.54) is 16.7 Å². The maximum Gasteiger partial charge on any atom is 0.223 e. The highest BCUT2D eigenvalue weighted by Gasteiger charge is 2.27. The molecule has 1 fully saturated rings. The quantitative estimate of drug-likeness (QED) is 0.661. The van der Waals surface area contributed by atoms with Gasteiger partial charge in [0.2, 0.25) is 11.9 Å². The summed E-state index contributed by atoms with van der Waals surface area (Å²) in [5, 5.41) is 3.06. The average Bonchev–Trinajstić information content (AvgIpc) is 3.13. The lowest BCUT2D eigenvalue weighted by molar-refractivity contribution is -0.125. The van der Waals surface area contributed by atoms with Crippen molar-refractivity contribution in [1.29, 1.82) is 0 Å². The van der Waals surface area contributed by atoms with Crippen LogP contribution in [-0.4, -0.2) is 35.1 Å². The van der Waals surface area contributed by atoms with Gasteiger partial charge in [0, 0.05) is 25.6 Å². The monoisotopic (exact) mass is 404 g/mol. The highest BCUT2D eigenvalue weighted by atomic mass is 16.1. The van der Waals surface area contributed by atoms with Gasteiger partial charge in [-0.2, -0.15) is 0 Å². The molecule has 0 saturated carbocycles. The minimum atomic E-state index is 0.115. The summed E-state index contributed by atoms with van der Waals surface area (Å²) >= 11 is 0. The number of carbonyl (C=O) groups is 1. The molecule has 0 bridgehead atoms. The zero-order valence-corrected chi connectivity index (χ0v) is 18.3. The summed E-state index contributed by atoms with van der Waals surface area (Å²) < 4.78 is 2.34. The van der Waals surface area contributed by atoms with Crippen molar-refractivity contribution in [3.63, 3.8) is 0 Å². The Morgan fingerprint density at radius 1 is 1.13 bits per heavy atom. The molecule has 1 aromatic heterocycles. The van der Waals surface area contributed by atoms with Gasteiger partial charge < -0.3 is 14.8 Å². The molecule has 5 heteroatoms. The van der Waals surface area contributed by atoms with Crippen molar-refractivity contribution in [1.82, 2.24) is 14.9 Å². The minimum absolute atomic E-state index is 0.115. The van der Waals surface area contributed by atoms with Gasteiger partial charge in [0.25, 0.3) is 0 Å². The summed E-state index contributed by atoms with van der Waals surface area (Å²) in [5.74, 6) is 1.34. The first-order chi connectivity index (χ1) is 14.6. The molecule has 2 heterocycles. The number of imidazole rings is 1. The van der Waals surface area contributed by atoms with E-state index >= 15 is 0 Å². The smallest absolute Gasteiger partial charge is 0.223 e. The fraction of sp³-hybridized carbons (Fsp3) is 0.440. The SMILES string of the molecule is CCCNC(=O)C1CCN(c2nc3ccccc3n2Cc2cc(C)ccc2C)CC1. The number of benzene rings is 2. The van der Waals surface area contributed by atoms with Crippen LogP contribution in [0.4, 0.5) is 5.95 Å². The molecule has 0 unspecified atom stereocenters. The summed E-state index contributed by atoms with van der Waals surface area (Å²) in [4.78, 5) is 19.7. The molecule has 2 aromatic carbocycles. The van der Waals surface area contributed by atoms with Crippen LogP contribution in [0.25, 0.3) is 11.0 Å². The van der Waals surface area contributed by atoms with Crippen LogP contribution in [0.2, 0.25) is 0 Å². The number of anilines is 1. The molecule has 3 aromatic rings. The van der Waals surface area contributed by atoms with Crippen LogP contribution in [0.1, 0.15) is 42.9 Å². The maximum atomic E-state index is 12.4. The standard InChI is InChI=1S/C25H32N4O/c1-4-13-26-24(30)20-11-14-28(15-12-20)25-27-22-7-5-6-8-23(22)29(25)17-21-16-18(2)9-10-19(21)3/h5-10,16,20H,4,11-15,17H2,1-3H3,(H,26,30). The Morgan fingerprint density at radius 2 is 1.90 bits per heavy atom. The summed E-state index contributed by atoms with van der Waals surface area (Å²) in [6, 6.07) is 15.0. The van der Waals surface area contributed by atoms with Crippen molar-refractivity contribution >= 4 is 22.9 Å². The first-order valence-electron chi connectivity index (χ1n) is 11.1. The average molecular weight is 405 g/mol. The Labute approximate surface area is 179 Å². The number of rotatable bonds is 6. The number of amides is 1. The molecular weight excluding hydrogens is 372 g/mol. The lowest BCUT2D eigenvalue weighted by Gasteiger charge is -2.32. The molecule has 30 heavy (non-hydrogen) atoms. The second-order valence-corrected chi connectivity index (χ2v) is 8.47. The van der Waals surface area contributed by atoms with Crippen molar-refractivity contribution in [3.8, 4) is 0 Å². The van der Waals surface area contributed by atoms with Crippen LogP contribution < -0.4 is 10.2 Å². The van der Waals surface area contributed by atoms with E-state index in [-0.39, 0.29) is 11.8 Å². The zero-order valence-electron chi connectivity index (χ0n) is 18.3. The van der Waals surface area contributed by atoms with E-state index in [1.54, 1.807) is 0 Å². The molecule has 0 spiro atoms. The van der Waals surface area contributed by atoms with Gasteiger partial charge in [-0.25, -0.2) is 4.98 Å². The van der Waals surface area contributed by atoms with Crippen LogP contribution in [0, 0.1) is 19.8 Å². The highest BCUT2D eigenvalue weighted by Crippen LogP contribution is 2.28. The molecule has 1 aliphatic rings. The maximum absolute atomic E-state index is 12.4. The molecule has 1 N–H and O–H groups in total. The van der Waals surface area contributed by atoms with Crippen molar-refractivity contribution in [2.45, 2.75) is 46.6 Å². The van der Waals surface area contributed by atoms with E-state index in [2.05, 4.69) is 72.0 Å². The molecule has 1 aliphatic heterocycles. The van der Waals surface area contributed by atoms with Gasteiger partial charge >= 0.3 is 0 Å². The third-order valence-corrected chi connectivity index (χ3v) is 6.17. The zero-order chi connectivity index (χ0) is 21.1. The normalized spacial score (nSPS) is 15.0. The van der Waals surface area contributed by atoms with Crippen molar-refractivity contribution in [3.05, 3.63) is 59.2 Å². The van der Waals surface area contributed by atoms with E-state index < -0.39 is 0 Å². The largest absolute Gasteiger partial charge is 0.356 e. The van der Waals surface area contributed by atoms with Crippen molar-refractivity contribution in [2.75, 3.05) is 24.5 Å². The molecule has 4 rings (SSSR count). The first kappa shape index (κ1) is 20.5. The molecule has 1 amide bonds. The number of aromatic nitrogens is 2. The number of nitrogens with one attached hydrogen (secondary N) is 1. The Hall–Kier alpha value is -2.82. The second kappa shape index (κ2) is 8.90. The Bertz CT molecular complexity index is 1030. The van der Waals surface area contributed by atoms with E-state index in [0.717, 1.165) is 62.4 Å². The minimum Gasteiger partial charge on any atom is -0.356 e. The van der Waals surface area contributed by atoms with Gasteiger partial charge in [-0.1, -0.05) is 42.8 Å². The Morgan fingerprint density at radius 3 is 2.67 bits per heavy atom. The number of para-hydroxylation sites is 2. The molecule has 0 aliphatic carbocycles. The lowest BCUT2D eigenvalue weighted by atomic mass is 9.96. The number of carbonyl (C=O) groups excluding carboxylic acids is 1. The molecule has 5 nitrogen and oxygen atoms in total. The van der Waals surface area contributed by atoms with Crippen molar-refractivity contribution < 1.29 is 4.79 Å². The van der Waals surface area contributed by atoms with Crippen LogP contribution in [0.5, 0.6) is 0 Å². The van der Waals surface area contributed by atoms with Gasteiger partial charge in [-0.15, -0.1) is 0 Å². The van der Waals surface area contributed by atoms with Gasteiger partial charge in [-0.3, -0.25) is 4.79 Å². The van der Waals surface area contributed by atoms with E-state index in [4.69, 9.17) is 4.98 Å². The lowest BCUT2D eigenvalue weighted by Crippen LogP contribution is -2.41. The van der Waals surface area contributed by atoms with Crippen LogP contribution in [0.3, 0.4) is 0 Å². The van der Waals surface area contributed by atoms with Gasteiger partial charge in [0.15, 0.2) is 0 Å². The molecular formula is C25H32N4O. The Balaban J connectivity index is 1.60. The van der Waals surface area contributed by atoms with Gasteiger partial charge in [0.05, 0.1) is 17.6 Å². The number of hydrogen-bond donors (Lipinski definition) is 1. The molecule has 0 atom stereocenters. The number of fused-ring (bicyclic) bond motifs is 1. The summed E-state index contributed by atoms with van der Waals surface area (Å²) in [6.07, 6.45) is 2.73. The number of piperidine rings is 1. The van der Waals surface area contributed by atoms with Gasteiger partial charge in [0.1, 0.15) is 0 Å². The summed E-state index contributed by atoms with van der Waals surface area (Å²) in [5.41, 5.74) is 6.10. The summed E-state index contributed by atoms with van der Waals surface area (Å²) in [7, 11) is 0. The Kier molecular flexibility index (Phi) is 6.07. The number of aryl methyl sites for hydroxylation is 2. The third kappa shape index (κ3) is 4.20. The number of hydrogen-bond acceptors (Lipinski definition) is 3. The first-order valence-corrected chi connectivity index (χ1v) is 11.1. The topological polar surface area (TPSA) is 50.2 Å². The van der Waals surface area contributed by atoms with Gasteiger partial charge in [-0.05, 0) is 56.4 Å². The second-order valence-electron chi connectivity index (χ2n) is 8.47.